The number of nitriles is 1. The molecular formula is C62H100N3O9P. The van der Waals surface area contributed by atoms with Gasteiger partial charge in [-0.3, -0.25) is 14.5 Å². The van der Waals surface area contributed by atoms with Crippen LogP contribution < -0.4 is 0 Å². The summed E-state index contributed by atoms with van der Waals surface area (Å²) in [5.41, 5.74) is 0.792. The Labute approximate surface area is 456 Å². The molecule has 2 amide bonds. The Kier molecular flexibility index (Phi) is 33.8. The number of hydrogen-bond acceptors (Lipinski definition) is 11. The Morgan fingerprint density at radius 3 is 1.63 bits per heavy atom. The highest BCUT2D eigenvalue weighted by atomic mass is 31.2. The van der Waals surface area contributed by atoms with Crippen molar-refractivity contribution in [3.8, 4) is 6.07 Å². The number of aliphatic hydroxyl groups excluding tert-OH is 1. The number of imide groups is 1. The molecule has 0 aromatic heterocycles. The Balaban J connectivity index is 1.27. The summed E-state index contributed by atoms with van der Waals surface area (Å²) in [4.78, 5) is 27.3. The van der Waals surface area contributed by atoms with E-state index >= 15 is 0 Å². The number of fused-ring (bicyclic) bond motifs is 2. The minimum Gasteiger partial charge on any atom is -0.394 e. The van der Waals surface area contributed by atoms with Gasteiger partial charge in [0.05, 0.1) is 63.2 Å². The molecule has 422 valence electrons. The highest BCUT2D eigenvalue weighted by Crippen LogP contribution is 2.47. The topological polar surface area (TPSA) is 140 Å². The van der Waals surface area contributed by atoms with Crippen molar-refractivity contribution in [1.29, 1.82) is 5.26 Å². The van der Waals surface area contributed by atoms with Gasteiger partial charge in [0.1, 0.15) is 24.4 Å². The molecule has 12 nitrogen and oxygen atoms in total. The monoisotopic (exact) mass is 1060 g/mol. The summed E-state index contributed by atoms with van der Waals surface area (Å²) >= 11 is 0. The van der Waals surface area contributed by atoms with E-state index in [1.807, 2.05) is 6.92 Å². The molecule has 3 aliphatic rings. The van der Waals surface area contributed by atoms with E-state index in [-0.39, 0.29) is 75.5 Å². The summed E-state index contributed by atoms with van der Waals surface area (Å²) in [5.74, 6) is -1.38. The molecule has 0 saturated carbocycles. The molecule has 3 aliphatic heterocycles. The van der Waals surface area contributed by atoms with Crippen LogP contribution >= 0.6 is 8.53 Å². The quantitative estimate of drug-likeness (QED) is 0.0289. The maximum atomic E-state index is 13.0. The summed E-state index contributed by atoms with van der Waals surface area (Å²) in [7, 11) is -1.68. The molecule has 1 N–H and O–H groups in total. The molecule has 0 radical (unpaired) electrons. The zero-order valence-electron chi connectivity index (χ0n) is 47.2. The van der Waals surface area contributed by atoms with Gasteiger partial charge >= 0.3 is 0 Å². The van der Waals surface area contributed by atoms with Crippen LogP contribution in [0.3, 0.4) is 0 Å². The first-order valence-electron chi connectivity index (χ1n) is 29.7. The average molecular weight is 1060 g/mol. The van der Waals surface area contributed by atoms with Crippen LogP contribution in [0, 0.1) is 11.3 Å². The van der Waals surface area contributed by atoms with Crippen molar-refractivity contribution in [2.75, 3.05) is 39.6 Å². The lowest BCUT2D eigenvalue weighted by Crippen LogP contribution is -2.40. The number of unbranched alkanes of at least 4 members (excludes halogenated alkanes) is 18. The second kappa shape index (κ2) is 39.3. The number of nitrogens with zero attached hydrogens (tertiary/aromatic N) is 3. The van der Waals surface area contributed by atoms with E-state index in [1.54, 1.807) is 24.3 Å². The van der Waals surface area contributed by atoms with Gasteiger partial charge in [-0.2, -0.15) is 5.26 Å². The van der Waals surface area contributed by atoms with E-state index in [1.165, 1.54) is 108 Å². The van der Waals surface area contributed by atoms with E-state index in [2.05, 4.69) is 87.0 Å². The lowest BCUT2D eigenvalue weighted by atomic mass is 9.98. The third-order valence-electron chi connectivity index (χ3n) is 14.4. The predicted molar refractivity (Wildman–Crippen MR) is 304 cm³/mol. The van der Waals surface area contributed by atoms with Gasteiger partial charge in [0.25, 0.3) is 20.3 Å². The number of carbonyl (C=O) groups is 2. The second-order valence-electron chi connectivity index (χ2n) is 21.1. The summed E-state index contributed by atoms with van der Waals surface area (Å²) in [6.07, 6.45) is 47.5. The van der Waals surface area contributed by atoms with Crippen molar-refractivity contribution in [2.45, 2.75) is 250 Å². The Bertz CT molecular complexity index is 1780. The zero-order chi connectivity index (χ0) is 53.8. The summed E-state index contributed by atoms with van der Waals surface area (Å²) in [6, 6.07) is 8.78. The number of aliphatic hydroxyl groups is 1. The predicted octanol–water partition coefficient (Wildman–Crippen LogP) is 15.2. The van der Waals surface area contributed by atoms with E-state index in [0.29, 0.717) is 17.7 Å². The highest BCUT2D eigenvalue weighted by Gasteiger charge is 2.57. The molecule has 3 heterocycles. The van der Waals surface area contributed by atoms with E-state index < -0.39 is 26.5 Å². The number of hydrogen-bond donors (Lipinski definition) is 1. The molecule has 1 aromatic carbocycles. The van der Waals surface area contributed by atoms with Crippen LogP contribution in [0.4, 0.5) is 0 Å². The van der Waals surface area contributed by atoms with Gasteiger partial charge in [-0.05, 0) is 110 Å². The van der Waals surface area contributed by atoms with Crippen molar-refractivity contribution < 1.29 is 42.7 Å². The largest absolute Gasteiger partial charge is 0.394 e. The first-order valence-corrected chi connectivity index (χ1v) is 30.8. The Hall–Kier alpha value is -3.08. The molecule has 1 aromatic rings. The van der Waals surface area contributed by atoms with E-state index in [0.717, 1.165) is 64.2 Å². The summed E-state index contributed by atoms with van der Waals surface area (Å²) < 4.78 is 41.4. The highest BCUT2D eigenvalue weighted by molar-refractivity contribution is 7.44. The van der Waals surface area contributed by atoms with Crippen molar-refractivity contribution in [2.24, 2.45) is 0 Å². The molecule has 13 heteroatoms. The number of ether oxygens (including phenoxy) is 4. The van der Waals surface area contributed by atoms with Crippen molar-refractivity contribution in [3.63, 3.8) is 0 Å². The standard InChI is InChI=1S/C62H100N3O9P/c1-6-8-10-12-14-16-18-20-22-24-26-28-30-32-34-38-43-62(44-39-35-33-31-29-27-25-23-21-19-17-15-13-11-9-7-2)73-58-56(49-66)72-57(59(58)74-62)51-69-50-53(5)65(52(3)4)75(70-47-40-45-63)71-48-46-64-60(67)54-41-36-37-42-55(54)61(64)68/h14-17,20-23,36-37,41-42,52-53,56-59,66H,6-13,18-19,24-35,38-40,43-44,46-51H2,1-5H3. The molecule has 6 unspecified atom stereocenters. The number of amides is 2. The zero-order valence-corrected chi connectivity index (χ0v) is 48.1. The smallest absolute Gasteiger partial charge is 0.261 e. The SMILES string of the molecule is CCCCCC=CCC=CCCCCCCCCC1(CCCCCCCCC=CCC=CCCCCC)OC2C(CO)OC(COCC(C)N(C(C)C)P(OCCC#N)OCCN3C(=O)c4ccccc4C3=O)C2O1. The summed E-state index contributed by atoms with van der Waals surface area (Å²) in [6.45, 7) is 11.4. The van der Waals surface area contributed by atoms with Crippen LogP contribution in [0.2, 0.25) is 0 Å². The fraction of sp³-hybridized carbons (Fsp3) is 0.726. The van der Waals surface area contributed by atoms with Gasteiger partial charge in [0.2, 0.25) is 0 Å². The lowest BCUT2D eigenvalue weighted by molar-refractivity contribution is -0.223. The van der Waals surface area contributed by atoms with Crippen LogP contribution in [-0.2, 0) is 28.0 Å². The number of allylic oxidation sites excluding steroid dienone is 8. The first-order chi connectivity index (χ1) is 36.7. The fourth-order valence-electron chi connectivity index (χ4n) is 10.3. The molecular weight excluding hydrogens is 962 g/mol. The fourth-order valence-corrected chi connectivity index (χ4v) is 11.9. The van der Waals surface area contributed by atoms with Crippen molar-refractivity contribution in [3.05, 3.63) is 84.0 Å². The van der Waals surface area contributed by atoms with E-state index in [4.69, 9.17) is 28.0 Å². The second-order valence-corrected chi connectivity index (χ2v) is 22.6. The van der Waals surface area contributed by atoms with Gasteiger partial charge < -0.3 is 33.1 Å². The summed E-state index contributed by atoms with van der Waals surface area (Å²) in [5, 5.41) is 19.9. The average Bonchev–Trinajstić information content (AvgIpc) is 4.02. The van der Waals surface area contributed by atoms with Crippen LogP contribution in [0.1, 0.15) is 229 Å². The molecule has 0 spiro atoms. The maximum Gasteiger partial charge on any atom is 0.261 e. The molecule has 2 fully saturated rings. The molecule has 0 bridgehead atoms. The number of benzene rings is 1. The van der Waals surface area contributed by atoms with Gasteiger partial charge in [0.15, 0.2) is 5.79 Å². The number of carbonyl (C=O) groups excluding carboxylic acids is 2. The number of rotatable bonds is 45. The Morgan fingerprint density at radius 1 is 0.680 bits per heavy atom. The van der Waals surface area contributed by atoms with Crippen LogP contribution in [-0.4, -0.2) is 108 Å². The molecule has 4 rings (SSSR count). The molecule has 2 saturated heterocycles. The molecule has 0 aliphatic carbocycles. The maximum absolute atomic E-state index is 13.0. The first kappa shape index (κ1) is 64.4. The van der Waals surface area contributed by atoms with Gasteiger partial charge in [-0.15, -0.1) is 0 Å². The van der Waals surface area contributed by atoms with Crippen LogP contribution in [0.5, 0.6) is 0 Å². The normalized spacial score (nSPS) is 21.6. The van der Waals surface area contributed by atoms with Crippen LogP contribution in [0.15, 0.2) is 72.9 Å². The van der Waals surface area contributed by atoms with Gasteiger partial charge in [-0.25, -0.2) is 4.67 Å². The molecule has 6 atom stereocenters. The van der Waals surface area contributed by atoms with Crippen molar-refractivity contribution >= 4 is 20.3 Å². The minimum absolute atomic E-state index is 0.0201. The van der Waals surface area contributed by atoms with Gasteiger partial charge in [0, 0.05) is 24.9 Å². The van der Waals surface area contributed by atoms with Crippen molar-refractivity contribution in [1.82, 2.24) is 9.57 Å². The Morgan fingerprint density at radius 2 is 1.15 bits per heavy atom. The van der Waals surface area contributed by atoms with E-state index in [9.17, 15) is 20.0 Å². The lowest BCUT2D eigenvalue weighted by Gasteiger charge is -2.37. The minimum atomic E-state index is -1.68. The van der Waals surface area contributed by atoms with Crippen LogP contribution in [0.25, 0.3) is 0 Å². The molecule has 75 heavy (non-hydrogen) atoms. The third-order valence-corrected chi connectivity index (χ3v) is 16.5. The third kappa shape index (κ3) is 23.8. The van der Waals surface area contributed by atoms with Gasteiger partial charge in [-0.1, -0.05) is 152 Å².